The first-order chi connectivity index (χ1) is 11.7. The number of carbonyl (C=O) groups is 2. The van der Waals surface area contributed by atoms with Crippen LogP contribution in [0.15, 0.2) is 18.2 Å². The normalized spacial score (nSPS) is 18.8. The number of hydrogen-bond donors (Lipinski definition) is 2. The highest BCUT2D eigenvalue weighted by Crippen LogP contribution is 2.30. The van der Waals surface area contributed by atoms with Crippen LogP contribution < -0.4 is 11.1 Å². The molecule has 0 aromatic heterocycles. The topological polar surface area (TPSA) is 75.4 Å². The van der Waals surface area contributed by atoms with Gasteiger partial charge in [-0.1, -0.05) is 6.07 Å². The van der Waals surface area contributed by atoms with E-state index < -0.39 is 23.5 Å². The second kappa shape index (κ2) is 7.81. The highest BCUT2D eigenvalue weighted by atomic mass is 19.4. The van der Waals surface area contributed by atoms with Crippen LogP contribution in [0.4, 0.5) is 17.6 Å². The molecule has 1 aromatic rings. The molecule has 0 radical (unpaired) electrons. The molecule has 3 N–H and O–H groups in total. The van der Waals surface area contributed by atoms with Gasteiger partial charge in [0.1, 0.15) is 5.82 Å². The summed E-state index contributed by atoms with van der Waals surface area (Å²) in [7, 11) is 0. The van der Waals surface area contributed by atoms with Gasteiger partial charge in [0.15, 0.2) is 0 Å². The number of rotatable bonds is 5. The molecule has 9 heteroatoms. The molecule has 1 aliphatic heterocycles. The van der Waals surface area contributed by atoms with Crippen LogP contribution in [0.2, 0.25) is 0 Å². The van der Waals surface area contributed by atoms with Crippen LogP contribution in [0.1, 0.15) is 24.0 Å². The van der Waals surface area contributed by atoms with Crippen molar-refractivity contribution in [1.82, 2.24) is 10.2 Å². The number of carbonyl (C=O) groups excluding carboxylic acids is 2. The molecule has 2 rings (SSSR count). The van der Waals surface area contributed by atoms with E-state index in [0.717, 1.165) is 18.6 Å². The summed E-state index contributed by atoms with van der Waals surface area (Å²) in [6.45, 7) is 0.900. The van der Waals surface area contributed by atoms with E-state index in [4.69, 9.17) is 5.73 Å². The number of nitrogens with one attached hydrogen (secondary N) is 1. The summed E-state index contributed by atoms with van der Waals surface area (Å²) in [6.07, 6.45) is -3.27. The number of piperidine rings is 1. The Balaban J connectivity index is 1.92. The predicted molar refractivity (Wildman–Crippen MR) is 81.6 cm³/mol. The summed E-state index contributed by atoms with van der Waals surface area (Å²) in [5.74, 6) is -2.19. The number of primary amides is 1. The molecule has 1 heterocycles. The highest BCUT2D eigenvalue weighted by molar-refractivity contribution is 5.79. The van der Waals surface area contributed by atoms with Crippen LogP contribution in [0.25, 0.3) is 0 Å². The molecule has 0 unspecified atom stereocenters. The first kappa shape index (κ1) is 19.2. The lowest BCUT2D eigenvalue weighted by Crippen LogP contribution is -2.45. The van der Waals surface area contributed by atoms with E-state index >= 15 is 0 Å². The van der Waals surface area contributed by atoms with E-state index in [2.05, 4.69) is 5.32 Å². The number of benzene rings is 1. The van der Waals surface area contributed by atoms with Crippen LogP contribution >= 0.6 is 0 Å². The predicted octanol–water partition coefficient (Wildman–Crippen LogP) is 1.66. The van der Waals surface area contributed by atoms with Crippen LogP contribution in [0.5, 0.6) is 0 Å². The van der Waals surface area contributed by atoms with Crippen molar-refractivity contribution in [3.63, 3.8) is 0 Å². The van der Waals surface area contributed by atoms with Crippen LogP contribution in [0, 0.1) is 11.7 Å². The zero-order valence-electron chi connectivity index (χ0n) is 13.4. The first-order valence-corrected chi connectivity index (χ1v) is 7.81. The van der Waals surface area contributed by atoms with E-state index in [9.17, 15) is 27.2 Å². The number of hydrogen-bond acceptors (Lipinski definition) is 3. The number of amides is 2. The maximum atomic E-state index is 13.8. The van der Waals surface area contributed by atoms with Gasteiger partial charge in [-0.25, -0.2) is 4.39 Å². The van der Waals surface area contributed by atoms with Gasteiger partial charge in [0.05, 0.1) is 18.0 Å². The van der Waals surface area contributed by atoms with E-state index in [0.29, 0.717) is 25.6 Å². The van der Waals surface area contributed by atoms with E-state index in [-0.39, 0.29) is 30.5 Å². The molecular formula is C16H19F4N3O2. The SMILES string of the molecule is NC(=O)CN1CCC[C@@H](C(=O)NCc2ccc(C(F)(F)F)cc2F)C1. The summed E-state index contributed by atoms with van der Waals surface area (Å²) < 4.78 is 51.3. The molecule has 1 fully saturated rings. The summed E-state index contributed by atoms with van der Waals surface area (Å²) in [5.41, 5.74) is 4.04. The second-order valence-corrected chi connectivity index (χ2v) is 6.06. The van der Waals surface area contributed by atoms with E-state index in [1.807, 2.05) is 0 Å². The lowest BCUT2D eigenvalue weighted by Gasteiger charge is -2.31. The zero-order chi connectivity index (χ0) is 18.6. The molecule has 1 aromatic carbocycles. The molecule has 2 amide bonds. The molecule has 138 valence electrons. The van der Waals surface area contributed by atoms with Crippen molar-refractivity contribution < 1.29 is 27.2 Å². The number of alkyl halides is 3. The average molecular weight is 361 g/mol. The minimum absolute atomic E-state index is 0.0221. The van der Waals surface area contributed by atoms with Gasteiger partial charge in [0.2, 0.25) is 11.8 Å². The quantitative estimate of drug-likeness (QED) is 0.784. The van der Waals surface area contributed by atoms with E-state index in [1.54, 1.807) is 4.90 Å². The van der Waals surface area contributed by atoms with Crippen molar-refractivity contribution >= 4 is 11.8 Å². The van der Waals surface area contributed by atoms with Gasteiger partial charge in [0, 0.05) is 18.7 Å². The minimum Gasteiger partial charge on any atom is -0.369 e. The summed E-state index contributed by atoms with van der Waals surface area (Å²) in [5, 5.41) is 2.54. The molecule has 0 saturated carbocycles. The van der Waals surface area contributed by atoms with Crippen molar-refractivity contribution in [1.29, 1.82) is 0 Å². The van der Waals surface area contributed by atoms with Gasteiger partial charge in [-0.2, -0.15) is 13.2 Å². The smallest absolute Gasteiger partial charge is 0.369 e. The maximum Gasteiger partial charge on any atom is 0.416 e. The standard InChI is InChI=1S/C16H19F4N3O2/c17-13-6-12(16(18,19)20)4-3-10(13)7-22-15(25)11-2-1-5-23(8-11)9-14(21)24/h3-4,6,11H,1-2,5,7-9H2,(H2,21,24)(H,22,25)/t11-/m1/s1. The van der Waals surface area contributed by atoms with E-state index in [1.165, 1.54) is 0 Å². The summed E-state index contributed by atoms with van der Waals surface area (Å²) in [6, 6.07) is 2.20. The fourth-order valence-electron chi connectivity index (χ4n) is 2.83. The van der Waals surface area contributed by atoms with Gasteiger partial charge >= 0.3 is 6.18 Å². The number of nitrogens with two attached hydrogens (primary N) is 1. The molecule has 1 saturated heterocycles. The molecular weight excluding hydrogens is 342 g/mol. The van der Waals surface area contributed by atoms with Crippen molar-refractivity contribution in [3.05, 3.63) is 35.1 Å². The molecule has 5 nitrogen and oxygen atoms in total. The van der Waals surface area contributed by atoms with Gasteiger partial charge in [0.25, 0.3) is 0 Å². The Kier molecular flexibility index (Phi) is 5.99. The molecule has 0 bridgehead atoms. The Morgan fingerprint density at radius 3 is 2.64 bits per heavy atom. The number of nitrogens with zero attached hydrogens (tertiary/aromatic N) is 1. The van der Waals surface area contributed by atoms with Crippen molar-refractivity contribution in [2.75, 3.05) is 19.6 Å². The van der Waals surface area contributed by atoms with Crippen LogP contribution in [-0.4, -0.2) is 36.3 Å². The molecule has 0 aliphatic carbocycles. The second-order valence-electron chi connectivity index (χ2n) is 6.06. The lowest BCUT2D eigenvalue weighted by atomic mass is 9.97. The summed E-state index contributed by atoms with van der Waals surface area (Å²) >= 11 is 0. The molecule has 1 atom stereocenters. The van der Waals surface area contributed by atoms with Crippen molar-refractivity contribution in [3.8, 4) is 0 Å². The summed E-state index contributed by atoms with van der Waals surface area (Å²) in [4.78, 5) is 24.9. The third-order valence-corrected chi connectivity index (χ3v) is 4.09. The minimum atomic E-state index is -4.62. The average Bonchev–Trinajstić information content (AvgIpc) is 2.52. The van der Waals surface area contributed by atoms with Crippen LogP contribution in [0.3, 0.4) is 0 Å². The van der Waals surface area contributed by atoms with Gasteiger partial charge in [-0.05, 0) is 31.5 Å². The lowest BCUT2D eigenvalue weighted by molar-refractivity contribution is -0.137. The number of halogens is 4. The Bertz CT molecular complexity index is 649. The zero-order valence-corrected chi connectivity index (χ0v) is 13.4. The van der Waals surface area contributed by atoms with Crippen molar-refractivity contribution in [2.24, 2.45) is 11.7 Å². The maximum absolute atomic E-state index is 13.8. The van der Waals surface area contributed by atoms with Gasteiger partial charge < -0.3 is 11.1 Å². The van der Waals surface area contributed by atoms with Crippen LogP contribution in [-0.2, 0) is 22.3 Å². The Labute approximate surface area is 142 Å². The fourth-order valence-corrected chi connectivity index (χ4v) is 2.83. The monoisotopic (exact) mass is 361 g/mol. The fraction of sp³-hybridized carbons (Fsp3) is 0.500. The Hall–Kier alpha value is -2.16. The third kappa shape index (κ3) is 5.42. The largest absolute Gasteiger partial charge is 0.416 e. The van der Waals surface area contributed by atoms with Gasteiger partial charge in [-0.3, -0.25) is 14.5 Å². The van der Waals surface area contributed by atoms with Gasteiger partial charge in [-0.15, -0.1) is 0 Å². The third-order valence-electron chi connectivity index (χ3n) is 4.09. The highest BCUT2D eigenvalue weighted by Gasteiger charge is 2.31. The molecule has 25 heavy (non-hydrogen) atoms. The number of likely N-dealkylation sites (tertiary alicyclic amines) is 1. The molecule has 0 spiro atoms. The molecule has 1 aliphatic rings. The Morgan fingerprint density at radius 1 is 1.32 bits per heavy atom. The first-order valence-electron chi connectivity index (χ1n) is 7.81. The van der Waals surface area contributed by atoms with Crippen molar-refractivity contribution in [2.45, 2.75) is 25.6 Å². The Morgan fingerprint density at radius 2 is 2.04 bits per heavy atom.